The monoisotopic (exact) mass is 310 g/mol. The van der Waals surface area contributed by atoms with E-state index in [1.807, 2.05) is 0 Å². The Labute approximate surface area is 126 Å². The van der Waals surface area contributed by atoms with Crippen molar-refractivity contribution in [3.8, 4) is 0 Å². The molecule has 0 spiro atoms. The van der Waals surface area contributed by atoms with Crippen molar-refractivity contribution < 1.29 is 18.5 Å². The van der Waals surface area contributed by atoms with Gasteiger partial charge < -0.3 is 4.90 Å². The number of nitrogens with zero attached hydrogens (tertiary/aromatic N) is 2. The quantitative estimate of drug-likeness (QED) is 0.620. The largest absolute Gasteiger partial charge is 0.338 e. The minimum Gasteiger partial charge on any atom is -0.338 e. The molecule has 1 aromatic carbocycles. The number of nitro groups is 1. The summed E-state index contributed by atoms with van der Waals surface area (Å²) in [5, 5.41) is 11.0. The molecule has 0 radical (unpaired) electrons. The molecule has 22 heavy (non-hydrogen) atoms. The van der Waals surface area contributed by atoms with Gasteiger partial charge in [-0.1, -0.05) is 0 Å². The zero-order valence-electron chi connectivity index (χ0n) is 12.1. The van der Waals surface area contributed by atoms with E-state index in [2.05, 4.69) is 0 Å². The fraction of sp³-hybridized carbons (Fsp3) is 0.533. The smallest absolute Gasteiger partial charge is 0.285 e. The fourth-order valence-corrected chi connectivity index (χ4v) is 3.08. The lowest BCUT2D eigenvalue weighted by molar-refractivity contribution is -0.385. The average molecular weight is 310 g/mol. The Morgan fingerprint density at radius 2 is 1.73 bits per heavy atom. The van der Waals surface area contributed by atoms with E-state index in [9.17, 15) is 23.7 Å². The van der Waals surface area contributed by atoms with E-state index in [4.69, 9.17) is 0 Å². The molecule has 1 aromatic rings. The van der Waals surface area contributed by atoms with Crippen LogP contribution in [0, 0.1) is 33.6 Å². The Hall–Kier alpha value is -2.05. The maximum Gasteiger partial charge on any atom is 0.285 e. The van der Waals surface area contributed by atoms with Crippen LogP contribution in [0.25, 0.3) is 0 Å². The summed E-state index contributed by atoms with van der Waals surface area (Å²) in [7, 11) is 1.59. The summed E-state index contributed by atoms with van der Waals surface area (Å²) in [5.74, 6) is -2.35. The Morgan fingerprint density at radius 1 is 1.23 bits per heavy atom. The first kappa shape index (κ1) is 14.9. The van der Waals surface area contributed by atoms with Gasteiger partial charge in [-0.25, -0.2) is 8.78 Å². The van der Waals surface area contributed by atoms with Crippen molar-refractivity contribution in [2.75, 3.05) is 7.05 Å². The van der Waals surface area contributed by atoms with Crippen molar-refractivity contribution in [3.63, 3.8) is 0 Å². The van der Waals surface area contributed by atoms with E-state index < -0.39 is 33.7 Å². The Kier molecular flexibility index (Phi) is 3.58. The highest BCUT2D eigenvalue weighted by molar-refractivity contribution is 5.98. The molecule has 0 N–H and O–H groups in total. The maximum absolute atomic E-state index is 13.4. The molecular formula is C15H16F2N2O3. The minimum atomic E-state index is -1.33. The molecule has 0 atom stereocenters. The molecule has 2 aliphatic rings. The summed E-state index contributed by atoms with van der Waals surface area (Å²) < 4.78 is 26.6. The maximum atomic E-state index is 13.4. The molecule has 2 saturated carbocycles. The van der Waals surface area contributed by atoms with Crippen LogP contribution in [0.2, 0.25) is 0 Å². The van der Waals surface area contributed by atoms with Crippen molar-refractivity contribution >= 4 is 11.6 Å². The van der Waals surface area contributed by atoms with E-state index in [1.54, 1.807) is 7.05 Å². The number of nitro benzene ring substituents is 1. The zero-order chi connectivity index (χ0) is 16.0. The van der Waals surface area contributed by atoms with Gasteiger partial charge in [0.25, 0.3) is 11.6 Å². The van der Waals surface area contributed by atoms with Gasteiger partial charge in [-0.05, 0) is 43.6 Å². The summed E-state index contributed by atoms with van der Waals surface area (Å²) >= 11 is 0. The first-order valence-corrected chi connectivity index (χ1v) is 7.30. The molecule has 118 valence electrons. The summed E-state index contributed by atoms with van der Waals surface area (Å²) in [6.07, 6.45) is 4.16. The number of carbonyl (C=O) groups excluding carboxylic acids is 1. The van der Waals surface area contributed by atoms with Crippen LogP contribution in [0.4, 0.5) is 14.5 Å². The van der Waals surface area contributed by atoms with Gasteiger partial charge in [0.15, 0.2) is 11.6 Å². The molecule has 7 heteroatoms. The second kappa shape index (κ2) is 5.30. The Balaban J connectivity index is 1.93. The van der Waals surface area contributed by atoms with Crippen LogP contribution in [-0.2, 0) is 0 Å². The van der Waals surface area contributed by atoms with Crippen LogP contribution >= 0.6 is 0 Å². The lowest BCUT2D eigenvalue weighted by Crippen LogP contribution is -2.40. The van der Waals surface area contributed by atoms with Crippen LogP contribution in [0.1, 0.15) is 36.0 Å². The van der Waals surface area contributed by atoms with E-state index in [1.165, 1.54) is 4.90 Å². The van der Waals surface area contributed by atoms with Crippen molar-refractivity contribution in [1.29, 1.82) is 0 Å². The van der Waals surface area contributed by atoms with E-state index in [-0.39, 0.29) is 6.04 Å². The van der Waals surface area contributed by atoms with Crippen LogP contribution in [0.3, 0.4) is 0 Å². The van der Waals surface area contributed by atoms with Crippen LogP contribution < -0.4 is 0 Å². The predicted octanol–water partition coefficient (Wildman–Crippen LogP) is 3.13. The third-order valence-electron chi connectivity index (χ3n) is 4.44. The van der Waals surface area contributed by atoms with Crippen LogP contribution in [0.15, 0.2) is 12.1 Å². The van der Waals surface area contributed by atoms with Gasteiger partial charge in [-0.3, -0.25) is 14.9 Å². The molecule has 0 heterocycles. The third kappa shape index (κ3) is 2.67. The molecule has 0 saturated heterocycles. The normalized spacial score (nSPS) is 17.6. The SMILES string of the molecule is CN(C(=O)c1cc(F)c(F)cc1[N+](=O)[O-])C(C1CC1)C1CC1. The van der Waals surface area contributed by atoms with E-state index >= 15 is 0 Å². The number of rotatable bonds is 5. The van der Waals surface area contributed by atoms with Crippen LogP contribution in [-0.4, -0.2) is 28.8 Å². The molecule has 0 unspecified atom stereocenters. The third-order valence-corrected chi connectivity index (χ3v) is 4.44. The molecule has 2 aliphatic carbocycles. The second-order valence-electron chi connectivity index (χ2n) is 6.12. The van der Waals surface area contributed by atoms with Crippen molar-refractivity contribution in [1.82, 2.24) is 4.90 Å². The molecular weight excluding hydrogens is 294 g/mol. The molecule has 0 bridgehead atoms. The van der Waals surface area contributed by atoms with Gasteiger partial charge in [0.05, 0.1) is 11.0 Å². The average Bonchev–Trinajstić information content (AvgIpc) is 3.34. The number of hydrogen-bond acceptors (Lipinski definition) is 3. The van der Waals surface area contributed by atoms with Gasteiger partial charge in [0.1, 0.15) is 5.56 Å². The number of amides is 1. The highest BCUT2D eigenvalue weighted by Gasteiger charge is 2.45. The lowest BCUT2D eigenvalue weighted by atomic mass is 10.0. The summed E-state index contributed by atoms with van der Waals surface area (Å²) in [6.45, 7) is 0. The molecule has 3 rings (SSSR count). The summed E-state index contributed by atoms with van der Waals surface area (Å²) in [5.41, 5.74) is -1.08. The Morgan fingerprint density at radius 3 is 2.18 bits per heavy atom. The van der Waals surface area contributed by atoms with E-state index in [0.29, 0.717) is 24.0 Å². The first-order valence-electron chi connectivity index (χ1n) is 7.30. The Bertz CT molecular complexity index is 630. The molecule has 1 amide bonds. The van der Waals surface area contributed by atoms with Crippen molar-refractivity contribution in [2.24, 2.45) is 11.8 Å². The topological polar surface area (TPSA) is 63.5 Å². The van der Waals surface area contributed by atoms with Gasteiger partial charge >= 0.3 is 0 Å². The summed E-state index contributed by atoms with van der Waals surface area (Å²) in [6, 6.07) is 1.14. The number of benzene rings is 1. The zero-order valence-corrected chi connectivity index (χ0v) is 12.1. The van der Waals surface area contributed by atoms with Crippen molar-refractivity contribution in [3.05, 3.63) is 39.4 Å². The predicted molar refractivity (Wildman–Crippen MR) is 74.3 cm³/mol. The van der Waals surface area contributed by atoms with Crippen LogP contribution in [0.5, 0.6) is 0 Å². The molecule has 0 aliphatic heterocycles. The summed E-state index contributed by atoms with van der Waals surface area (Å²) in [4.78, 5) is 24.2. The standard InChI is InChI=1S/C15H16F2N2O3/c1-18(14(8-2-3-8)9-4-5-9)15(20)10-6-11(16)12(17)7-13(10)19(21)22/h6-9,14H,2-5H2,1H3. The van der Waals surface area contributed by atoms with Gasteiger partial charge in [-0.2, -0.15) is 0 Å². The highest BCUT2D eigenvalue weighted by atomic mass is 19.2. The number of halogens is 2. The minimum absolute atomic E-state index is 0.0419. The fourth-order valence-electron chi connectivity index (χ4n) is 3.08. The van der Waals surface area contributed by atoms with Crippen molar-refractivity contribution in [2.45, 2.75) is 31.7 Å². The van der Waals surface area contributed by atoms with Gasteiger partial charge in [0, 0.05) is 13.1 Å². The number of carbonyl (C=O) groups is 1. The van der Waals surface area contributed by atoms with E-state index in [0.717, 1.165) is 25.7 Å². The van der Waals surface area contributed by atoms with Gasteiger partial charge in [-0.15, -0.1) is 0 Å². The second-order valence-corrected chi connectivity index (χ2v) is 6.12. The first-order chi connectivity index (χ1) is 10.4. The highest BCUT2D eigenvalue weighted by Crippen LogP contribution is 2.47. The molecule has 0 aromatic heterocycles. The molecule has 2 fully saturated rings. The van der Waals surface area contributed by atoms with Gasteiger partial charge in [0.2, 0.25) is 0 Å². The lowest BCUT2D eigenvalue weighted by Gasteiger charge is -2.28. The molecule has 5 nitrogen and oxygen atoms in total. The number of hydrogen-bond donors (Lipinski definition) is 0.